The van der Waals surface area contributed by atoms with Gasteiger partial charge in [0.1, 0.15) is 0 Å². The van der Waals surface area contributed by atoms with Crippen LogP contribution >= 0.6 is 11.8 Å². The molecule has 2 aromatic heterocycles. The van der Waals surface area contributed by atoms with E-state index in [1.165, 1.54) is 82.8 Å². The Morgan fingerprint density at radius 2 is 1.40 bits per heavy atom. The summed E-state index contributed by atoms with van der Waals surface area (Å²) in [5, 5.41) is 7.87. The van der Waals surface area contributed by atoms with Gasteiger partial charge >= 0.3 is 0 Å². The molecule has 8 aromatic rings. The third-order valence-corrected chi connectivity index (χ3v) is 12.2. The van der Waals surface area contributed by atoms with Crippen LogP contribution in [0.25, 0.3) is 67.0 Å². The van der Waals surface area contributed by atoms with E-state index in [2.05, 4.69) is 168 Å². The molecule has 0 saturated heterocycles. The lowest BCUT2D eigenvalue weighted by molar-refractivity contribution is 0.691. The van der Waals surface area contributed by atoms with E-state index < -0.39 is 0 Å². The van der Waals surface area contributed by atoms with Crippen molar-refractivity contribution in [2.75, 3.05) is 0 Å². The van der Waals surface area contributed by atoms with E-state index >= 15 is 0 Å². The molecule has 2 aliphatic carbocycles. The number of hydrogen-bond acceptors (Lipinski definition) is 2. The van der Waals surface area contributed by atoms with Crippen LogP contribution in [0.5, 0.6) is 0 Å². The summed E-state index contributed by atoms with van der Waals surface area (Å²) in [6, 6.07) is 46.9. The zero-order valence-corrected chi connectivity index (χ0v) is 28.4. The third-order valence-electron chi connectivity index (χ3n) is 11.0. The number of thioether (sulfide) groups is 1. The predicted molar refractivity (Wildman–Crippen MR) is 213 cm³/mol. The highest BCUT2D eigenvalue weighted by Gasteiger charge is 2.35. The molecule has 11 rings (SSSR count). The van der Waals surface area contributed by atoms with E-state index in [-0.39, 0.29) is 6.04 Å². The molecular formula is C46H33N3S. The monoisotopic (exact) mass is 659 g/mol. The first-order valence-electron chi connectivity index (χ1n) is 17.6. The van der Waals surface area contributed by atoms with Gasteiger partial charge in [-0.2, -0.15) is 0 Å². The highest BCUT2D eigenvalue weighted by Crippen LogP contribution is 2.48. The number of aliphatic imine (C=N–C) groups is 1. The summed E-state index contributed by atoms with van der Waals surface area (Å²) in [6.45, 7) is 2.33. The fourth-order valence-electron chi connectivity index (χ4n) is 8.74. The van der Waals surface area contributed by atoms with Crippen LogP contribution < -0.4 is 0 Å². The third kappa shape index (κ3) is 4.03. The van der Waals surface area contributed by atoms with Gasteiger partial charge in [0.2, 0.25) is 0 Å². The van der Waals surface area contributed by atoms with Gasteiger partial charge in [-0.1, -0.05) is 140 Å². The standard InChI is InChI=1S/C46H33N3S/c1-28-16-21-36-38-24-23-37-35-14-8-9-15-39(35)48(32-12-6-3-7-13-32)44(37)45(38)49(40(36)26-28)33-20-22-34-31(27-33)18-17-29-19-25-41-43(42(29)34)47-46(50-41)30-10-4-2-5-11-30/h2-25,27-28,41,43H,26H2,1H3. The second-order valence-electron chi connectivity index (χ2n) is 13.9. The summed E-state index contributed by atoms with van der Waals surface area (Å²) < 4.78 is 5.07. The molecule has 0 bridgehead atoms. The van der Waals surface area contributed by atoms with Crippen LogP contribution in [0.4, 0.5) is 0 Å². The van der Waals surface area contributed by atoms with Crippen LogP contribution in [0, 0.1) is 5.92 Å². The molecule has 0 amide bonds. The molecule has 3 aliphatic rings. The zero-order chi connectivity index (χ0) is 32.9. The highest BCUT2D eigenvalue weighted by atomic mass is 32.2. The summed E-state index contributed by atoms with van der Waals surface area (Å²) in [5.41, 5.74) is 12.7. The Bertz CT molecular complexity index is 2780. The SMILES string of the molecule is CC1C=Cc2c(n(-c3ccc4c5c(ccc4c3)C=CC3SC(c4ccccc4)=NC53)c3c2ccc2c4ccccc4n(-c4ccccc4)c23)C1. The molecule has 1 aliphatic heterocycles. The van der Waals surface area contributed by atoms with E-state index in [1.54, 1.807) is 0 Å². The lowest BCUT2D eigenvalue weighted by Gasteiger charge is -2.24. The van der Waals surface area contributed by atoms with Crippen molar-refractivity contribution in [3.05, 3.63) is 167 Å². The van der Waals surface area contributed by atoms with Gasteiger partial charge in [-0.3, -0.25) is 4.99 Å². The molecule has 0 saturated carbocycles. The van der Waals surface area contributed by atoms with Gasteiger partial charge < -0.3 is 9.13 Å². The summed E-state index contributed by atoms with van der Waals surface area (Å²) in [5.74, 6) is 0.466. The largest absolute Gasteiger partial charge is 0.311 e. The number of nitrogens with zero attached hydrogens (tertiary/aromatic N) is 3. The molecule has 0 fully saturated rings. The Balaban J connectivity index is 1.18. The Kier molecular flexibility index (Phi) is 6.06. The Labute approximate surface area is 294 Å². The second kappa shape index (κ2) is 10.7. The normalized spacial score (nSPS) is 19.3. The van der Waals surface area contributed by atoms with E-state index in [4.69, 9.17) is 4.99 Å². The molecule has 6 aromatic carbocycles. The van der Waals surface area contributed by atoms with Gasteiger partial charge in [-0.15, -0.1) is 0 Å². The van der Waals surface area contributed by atoms with E-state index in [0.29, 0.717) is 11.2 Å². The van der Waals surface area contributed by atoms with Gasteiger partial charge in [0.25, 0.3) is 0 Å². The predicted octanol–water partition coefficient (Wildman–Crippen LogP) is 11.7. The van der Waals surface area contributed by atoms with Crippen LogP contribution in [-0.4, -0.2) is 19.4 Å². The Hall–Kier alpha value is -5.58. The number of allylic oxidation sites excluding steroid dienone is 1. The quantitative estimate of drug-likeness (QED) is 0.185. The number of rotatable bonds is 3. The van der Waals surface area contributed by atoms with Crippen molar-refractivity contribution in [3.8, 4) is 11.4 Å². The van der Waals surface area contributed by atoms with Crippen molar-refractivity contribution in [3.63, 3.8) is 0 Å². The van der Waals surface area contributed by atoms with Crippen LogP contribution in [0.1, 0.15) is 40.9 Å². The molecule has 50 heavy (non-hydrogen) atoms. The molecule has 238 valence electrons. The van der Waals surface area contributed by atoms with Crippen molar-refractivity contribution in [2.45, 2.75) is 24.6 Å². The molecule has 3 heterocycles. The number of fused-ring (bicyclic) bond motifs is 12. The minimum atomic E-state index is 0.108. The molecule has 3 unspecified atom stereocenters. The molecule has 0 N–H and O–H groups in total. The average Bonchev–Trinajstić information content (AvgIpc) is 3.85. The van der Waals surface area contributed by atoms with Gasteiger partial charge in [0, 0.05) is 44.4 Å². The lowest BCUT2D eigenvalue weighted by Crippen LogP contribution is -2.13. The van der Waals surface area contributed by atoms with Crippen LogP contribution in [0.2, 0.25) is 0 Å². The first kappa shape index (κ1) is 28.3. The first-order chi connectivity index (χ1) is 24.7. The van der Waals surface area contributed by atoms with Crippen molar-refractivity contribution >= 4 is 72.4 Å². The van der Waals surface area contributed by atoms with Crippen molar-refractivity contribution in [2.24, 2.45) is 10.9 Å². The molecule has 3 atom stereocenters. The zero-order valence-electron chi connectivity index (χ0n) is 27.6. The maximum atomic E-state index is 5.36. The van der Waals surface area contributed by atoms with Gasteiger partial charge in [-0.25, -0.2) is 0 Å². The minimum absolute atomic E-state index is 0.108. The Morgan fingerprint density at radius 3 is 2.28 bits per heavy atom. The molecule has 0 spiro atoms. The average molecular weight is 660 g/mol. The Morgan fingerprint density at radius 1 is 0.640 bits per heavy atom. The van der Waals surface area contributed by atoms with Gasteiger partial charge in [0.05, 0.1) is 32.9 Å². The minimum Gasteiger partial charge on any atom is -0.311 e. The summed E-state index contributed by atoms with van der Waals surface area (Å²) in [6.07, 6.45) is 10.4. The van der Waals surface area contributed by atoms with Crippen molar-refractivity contribution in [1.82, 2.24) is 9.13 Å². The van der Waals surface area contributed by atoms with Gasteiger partial charge in [0.15, 0.2) is 0 Å². The van der Waals surface area contributed by atoms with E-state index in [1.807, 2.05) is 11.8 Å². The first-order valence-corrected chi connectivity index (χ1v) is 18.5. The van der Waals surface area contributed by atoms with Gasteiger partial charge in [-0.05, 0) is 64.6 Å². The maximum absolute atomic E-state index is 5.36. The molecular weight excluding hydrogens is 627 g/mol. The number of aromatic nitrogens is 2. The highest BCUT2D eigenvalue weighted by molar-refractivity contribution is 8.15. The van der Waals surface area contributed by atoms with Crippen molar-refractivity contribution in [1.29, 1.82) is 0 Å². The van der Waals surface area contributed by atoms with E-state index in [9.17, 15) is 0 Å². The smallest absolute Gasteiger partial charge is 0.0991 e. The van der Waals surface area contributed by atoms with Crippen LogP contribution in [0.15, 0.2) is 145 Å². The summed E-state index contributed by atoms with van der Waals surface area (Å²) >= 11 is 1.89. The molecule has 3 nitrogen and oxygen atoms in total. The molecule has 0 radical (unpaired) electrons. The molecule has 4 heteroatoms. The van der Waals surface area contributed by atoms with Crippen molar-refractivity contribution < 1.29 is 0 Å². The van der Waals surface area contributed by atoms with E-state index in [0.717, 1.165) is 11.5 Å². The summed E-state index contributed by atoms with van der Waals surface area (Å²) in [7, 11) is 0. The number of para-hydroxylation sites is 2. The fraction of sp³-hybridized carbons (Fsp3) is 0.109. The second-order valence-corrected chi connectivity index (χ2v) is 15.1. The lowest BCUT2D eigenvalue weighted by atomic mass is 9.88. The maximum Gasteiger partial charge on any atom is 0.0991 e. The van der Waals surface area contributed by atoms with Crippen LogP contribution in [0.3, 0.4) is 0 Å². The number of benzene rings is 6. The topological polar surface area (TPSA) is 22.2 Å². The fourth-order valence-corrected chi connectivity index (χ4v) is 9.92. The number of hydrogen-bond donors (Lipinski definition) is 0. The summed E-state index contributed by atoms with van der Waals surface area (Å²) in [4.78, 5) is 5.36. The van der Waals surface area contributed by atoms with Crippen LogP contribution in [-0.2, 0) is 6.42 Å².